The van der Waals surface area contributed by atoms with E-state index in [0.717, 1.165) is 4.47 Å². The average Bonchev–Trinajstić information content (AvgIpc) is 2.33. The summed E-state index contributed by atoms with van der Waals surface area (Å²) < 4.78 is 0.856. The van der Waals surface area contributed by atoms with Gasteiger partial charge < -0.3 is 10.6 Å². The molecule has 0 saturated heterocycles. The van der Waals surface area contributed by atoms with Crippen LogP contribution in [0.25, 0.3) is 0 Å². The molecule has 1 heterocycles. The molecule has 0 aliphatic heterocycles. The van der Waals surface area contributed by atoms with Crippen LogP contribution in [0.5, 0.6) is 0 Å². The minimum absolute atomic E-state index is 0.499. The van der Waals surface area contributed by atoms with E-state index in [4.69, 9.17) is 12.2 Å². The van der Waals surface area contributed by atoms with Crippen molar-refractivity contribution in [3.63, 3.8) is 0 Å². The molecule has 0 radical (unpaired) electrons. The first-order valence-electron chi connectivity index (χ1n) is 5.79. The molecule has 1 aliphatic rings. The standard InChI is InChI=1S/C11H15BrN4S/c12-8-6-13-10(14-7-8)16-11(17)15-9-4-2-1-3-5-9/h6-7,9H,1-5H2,(H2,13,14,15,16,17). The maximum Gasteiger partial charge on any atom is 0.228 e. The Balaban J connectivity index is 1.82. The zero-order chi connectivity index (χ0) is 12.1. The molecule has 2 N–H and O–H groups in total. The molecule has 1 aromatic heterocycles. The summed E-state index contributed by atoms with van der Waals surface area (Å²) in [6.45, 7) is 0. The van der Waals surface area contributed by atoms with Gasteiger partial charge in [0.1, 0.15) is 0 Å². The molecule has 4 nitrogen and oxygen atoms in total. The second-order valence-corrected chi connectivity index (χ2v) is 5.48. The van der Waals surface area contributed by atoms with Crippen LogP contribution in [0.3, 0.4) is 0 Å². The van der Waals surface area contributed by atoms with Crippen LogP contribution >= 0.6 is 28.1 Å². The Labute approximate surface area is 115 Å². The van der Waals surface area contributed by atoms with E-state index in [1.54, 1.807) is 12.4 Å². The highest BCUT2D eigenvalue weighted by Crippen LogP contribution is 2.17. The Morgan fingerprint density at radius 1 is 1.24 bits per heavy atom. The minimum Gasteiger partial charge on any atom is -0.360 e. The number of hydrogen-bond acceptors (Lipinski definition) is 3. The van der Waals surface area contributed by atoms with Gasteiger partial charge in [-0.05, 0) is 41.0 Å². The summed E-state index contributed by atoms with van der Waals surface area (Å²) in [6, 6.07) is 0.499. The van der Waals surface area contributed by atoms with Crippen molar-refractivity contribution in [2.45, 2.75) is 38.1 Å². The van der Waals surface area contributed by atoms with Crippen LogP contribution in [-0.2, 0) is 0 Å². The van der Waals surface area contributed by atoms with Gasteiger partial charge in [0.25, 0.3) is 0 Å². The van der Waals surface area contributed by atoms with E-state index in [1.165, 1.54) is 32.1 Å². The first kappa shape index (κ1) is 12.7. The normalized spacial score (nSPS) is 16.5. The fraction of sp³-hybridized carbons (Fsp3) is 0.545. The summed E-state index contributed by atoms with van der Waals surface area (Å²) in [6.07, 6.45) is 9.70. The molecule has 0 unspecified atom stereocenters. The summed E-state index contributed by atoms with van der Waals surface area (Å²) in [5.41, 5.74) is 0. The minimum atomic E-state index is 0.499. The Morgan fingerprint density at radius 3 is 2.53 bits per heavy atom. The van der Waals surface area contributed by atoms with E-state index in [1.807, 2.05) is 0 Å². The Bertz CT molecular complexity index is 376. The number of hydrogen-bond donors (Lipinski definition) is 2. The summed E-state index contributed by atoms with van der Waals surface area (Å²) in [4.78, 5) is 8.23. The molecule has 0 atom stereocenters. The molecule has 2 rings (SSSR count). The lowest BCUT2D eigenvalue weighted by molar-refractivity contribution is 0.414. The highest BCUT2D eigenvalue weighted by atomic mass is 79.9. The smallest absolute Gasteiger partial charge is 0.228 e. The van der Waals surface area contributed by atoms with Crippen LogP contribution in [0.15, 0.2) is 16.9 Å². The van der Waals surface area contributed by atoms with Crippen molar-refractivity contribution in [3.8, 4) is 0 Å². The molecule has 0 aromatic carbocycles. The number of nitrogens with zero attached hydrogens (tertiary/aromatic N) is 2. The van der Waals surface area contributed by atoms with Crippen LogP contribution in [-0.4, -0.2) is 21.1 Å². The van der Waals surface area contributed by atoms with Crippen molar-refractivity contribution in [3.05, 3.63) is 16.9 Å². The van der Waals surface area contributed by atoms with Gasteiger partial charge in [-0.15, -0.1) is 0 Å². The number of halogens is 1. The number of nitrogens with one attached hydrogen (secondary N) is 2. The van der Waals surface area contributed by atoms with Crippen molar-refractivity contribution in [1.29, 1.82) is 0 Å². The summed E-state index contributed by atoms with van der Waals surface area (Å²) in [7, 11) is 0. The average molecular weight is 315 g/mol. The van der Waals surface area contributed by atoms with E-state index in [0.29, 0.717) is 17.1 Å². The first-order chi connectivity index (χ1) is 8.24. The van der Waals surface area contributed by atoms with Gasteiger partial charge in [-0.25, -0.2) is 9.97 Å². The number of anilines is 1. The van der Waals surface area contributed by atoms with Gasteiger partial charge in [0.2, 0.25) is 5.95 Å². The predicted molar refractivity (Wildman–Crippen MR) is 76.0 cm³/mol. The van der Waals surface area contributed by atoms with Gasteiger partial charge in [-0.3, -0.25) is 0 Å². The van der Waals surface area contributed by atoms with Crippen molar-refractivity contribution in [1.82, 2.24) is 15.3 Å². The molecule has 92 valence electrons. The molecular weight excluding hydrogens is 300 g/mol. The topological polar surface area (TPSA) is 49.8 Å². The van der Waals surface area contributed by atoms with E-state index in [-0.39, 0.29) is 0 Å². The van der Waals surface area contributed by atoms with E-state index in [2.05, 4.69) is 36.5 Å². The predicted octanol–water partition coefficient (Wildman–Crippen LogP) is 2.86. The van der Waals surface area contributed by atoms with E-state index >= 15 is 0 Å². The molecule has 6 heteroatoms. The molecule has 1 fully saturated rings. The number of rotatable bonds is 2. The third kappa shape index (κ3) is 4.20. The molecular formula is C11H15BrN4S. The van der Waals surface area contributed by atoms with Gasteiger partial charge in [0.15, 0.2) is 5.11 Å². The molecule has 17 heavy (non-hydrogen) atoms. The van der Waals surface area contributed by atoms with Gasteiger partial charge in [-0.1, -0.05) is 19.3 Å². The van der Waals surface area contributed by atoms with Crippen LogP contribution in [0, 0.1) is 0 Å². The Hall–Kier alpha value is -0.750. The van der Waals surface area contributed by atoms with E-state index < -0.39 is 0 Å². The second-order valence-electron chi connectivity index (χ2n) is 4.16. The molecule has 1 aliphatic carbocycles. The summed E-state index contributed by atoms with van der Waals surface area (Å²) >= 11 is 8.53. The van der Waals surface area contributed by atoms with Crippen LogP contribution < -0.4 is 10.6 Å². The van der Waals surface area contributed by atoms with E-state index in [9.17, 15) is 0 Å². The lowest BCUT2D eigenvalue weighted by Crippen LogP contribution is -2.39. The van der Waals surface area contributed by atoms with Crippen molar-refractivity contribution < 1.29 is 0 Å². The zero-order valence-electron chi connectivity index (χ0n) is 9.45. The lowest BCUT2D eigenvalue weighted by Gasteiger charge is -2.24. The molecule has 0 spiro atoms. The largest absolute Gasteiger partial charge is 0.360 e. The van der Waals surface area contributed by atoms with Gasteiger partial charge in [0.05, 0.1) is 4.47 Å². The molecule has 1 aromatic rings. The first-order valence-corrected chi connectivity index (χ1v) is 6.99. The van der Waals surface area contributed by atoms with Gasteiger partial charge >= 0.3 is 0 Å². The van der Waals surface area contributed by atoms with Crippen LogP contribution in [0.4, 0.5) is 5.95 Å². The van der Waals surface area contributed by atoms with Crippen LogP contribution in [0.1, 0.15) is 32.1 Å². The SMILES string of the molecule is S=C(Nc1ncc(Br)cn1)NC1CCCCC1. The summed E-state index contributed by atoms with van der Waals surface area (Å²) in [5.74, 6) is 0.529. The molecule has 1 saturated carbocycles. The lowest BCUT2D eigenvalue weighted by atomic mass is 9.96. The molecule has 0 bridgehead atoms. The van der Waals surface area contributed by atoms with Crippen molar-refractivity contribution in [2.75, 3.05) is 5.32 Å². The monoisotopic (exact) mass is 314 g/mol. The molecule has 0 amide bonds. The third-order valence-electron chi connectivity index (χ3n) is 2.79. The third-order valence-corrected chi connectivity index (χ3v) is 3.42. The van der Waals surface area contributed by atoms with Gasteiger partial charge in [0, 0.05) is 18.4 Å². The van der Waals surface area contributed by atoms with Crippen molar-refractivity contribution >= 4 is 39.2 Å². The Morgan fingerprint density at radius 2 is 1.88 bits per heavy atom. The maximum absolute atomic E-state index is 5.24. The van der Waals surface area contributed by atoms with Crippen molar-refractivity contribution in [2.24, 2.45) is 0 Å². The van der Waals surface area contributed by atoms with Gasteiger partial charge in [-0.2, -0.15) is 0 Å². The van der Waals surface area contributed by atoms with Crippen LogP contribution in [0.2, 0.25) is 0 Å². The number of aromatic nitrogens is 2. The maximum atomic E-state index is 5.24. The summed E-state index contributed by atoms with van der Waals surface area (Å²) in [5, 5.41) is 6.91. The quantitative estimate of drug-likeness (QED) is 0.822. The number of thiocarbonyl (C=S) groups is 1. The highest BCUT2D eigenvalue weighted by Gasteiger charge is 2.14. The fourth-order valence-electron chi connectivity index (χ4n) is 1.95. The second kappa shape index (κ2) is 6.26. The fourth-order valence-corrected chi connectivity index (χ4v) is 2.41. The highest BCUT2D eigenvalue weighted by molar-refractivity contribution is 9.10. The zero-order valence-corrected chi connectivity index (χ0v) is 11.9. The Kier molecular flexibility index (Phi) is 4.67.